The second-order valence-corrected chi connectivity index (χ2v) is 6.31. The summed E-state index contributed by atoms with van der Waals surface area (Å²) in [6, 6.07) is 6.21. The Balaban J connectivity index is 1.68. The summed E-state index contributed by atoms with van der Waals surface area (Å²) in [6.07, 6.45) is 3.99. The minimum Gasteiger partial charge on any atom is -0.341 e. The van der Waals surface area contributed by atoms with E-state index < -0.39 is 0 Å². The lowest BCUT2D eigenvalue weighted by atomic mass is 10.00. The Hall–Kier alpha value is -2.70. The molecule has 0 amide bonds. The van der Waals surface area contributed by atoms with Crippen LogP contribution in [0.2, 0.25) is 0 Å². The second kappa shape index (κ2) is 6.07. The van der Waals surface area contributed by atoms with E-state index in [-0.39, 0.29) is 5.82 Å². The number of nitrogens with zero attached hydrogens (tertiary/aromatic N) is 4. The number of hydrogen-bond donors (Lipinski definition) is 2. The van der Waals surface area contributed by atoms with Crippen molar-refractivity contribution in [3.05, 3.63) is 36.3 Å². The summed E-state index contributed by atoms with van der Waals surface area (Å²) < 4.78 is 13.1. The highest BCUT2D eigenvalue weighted by molar-refractivity contribution is 5.89. The third-order valence-corrected chi connectivity index (χ3v) is 4.47. The van der Waals surface area contributed by atoms with Gasteiger partial charge in [0.2, 0.25) is 5.95 Å². The molecule has 124 valence electrons. The van der Waals surface area contributed by atoms with Crippen molar-refractivity contribution >= 4 is 28.5 Å². The number of benzene rings is 1. The van der Waals surface area contributed by atoms with Gasteiger partial charge in [-0.05, 0) is 43.0 Å². The quantitative estimate of drug-likeness (QED) is 0.771. The molecular formula is C17H19FN6. The molecule has 3 aromatic rings. The molecule has 2 N–H and O–H groups in total. The number of anilines is 3. The predicted octanol–water partition coefficient (Wildman–Crippen LogP) is 3.47. The number of halogens is 1. The van der Waals surface area contributed by atoms with Gasteiger partial charge in [-0.2, -0.15) is 15.1 Å². The number of H-pyrrole nitrogens is 1. The monoisotopic (exact) mass is 326 g/mol. The molecule has 0 unspecified atom stereocenters. The summed E-state index contributed by atoms with van der Waals surface area (Å²) in [5, 5.41) is 11.0. The zero-order valence-electron chi connectivity index (χ0n) is 13.5. The molecule has 0 aliphatic carbocycles. The first-order chi connectivity index (χ1) is 11.7. The van der Waals surface area contributed by atoms with Crippen molar-refractivity contribution in [3.63, 3.8) is 0 Å². The van der Waals surface area contributed by atoms with E-state index in [9.17, 15) is 4.39 Å². The fraction of sp³-hybridized carbons (Fsp3) is 0.353. The number of fused-ring (bicyclic) bond motifs is 1. The number of aromatic nitrogens is 4. The van der Waals surface area contributed by atoms with Crippen molar-refractivity contribution in [1.29, 1.82) is 0 Å². The summed E-state index contributed by atoms with van der Waals surface area (Å²) in [6.45, 7) is 4.19. The van der Waals surface area contributed by atoms with Crippen LogP contribution in [-0.2, 0) is 0 Å². The van der Waals surface area contributed by atoms with Gasteiger partial charge in [-0.15, -0.1) is 0 Å². The zero-order chi connectivity index (χ0) is 16.5. The van der Waals surface area contributed by atoms with Crippen LogP contribution in [0, 0.1) is 11.7 Å². The molecule has 0 radical (unpaired) electrons. The minimum absolute atomic E-state index is 0.264. The van der Waals surface area contributed by atoms with Gasteiger partial charge in [-0.3, -0.25) is 5.10 Å². The van der Waals surface area contributed by atoms with E-state index in [1.165, 1.54) is 12.1 Å². The van der Waals surface area contributed by atoms with Crippen molar-refractivity contribution in [3.8, 4) is 0 Å². The average molecular weight is 326 g/mol. The van der Waals surface area contributed by atoms with Crippen LogP contribution in [0.25, 0.3) is 11.0 Å². The molecule has 0 bridgehead atoms. The highest BCUT2D eigenvalue weighted by atomic mass is 19.1. The molecule has 1 aliphatic rings. The molecule has 1 saturated heterocycles. The topological polar surface area (TPSA) is 69.7 Å². The van der Waals surface area contributed by atoms with E-state index in [1.807, 2.05) is 0 Å². The van der Waals surface area contributed by atoms with Crippen molar-refractivity contribution < 1.29 is 4.39 Å². The Morgan fingerprint density at radius 1 is 1.17 bits per heavy atom. The maximum atomic E-state index is 13.1. The zero-order valence-corrected chi connectivity index (χ0v) is 13.5. The Bertz CT molecular complexity index is 836. The fourth-order valence-corrected chi connectivity index (χ4v) is 2.94. The smallest absolute Gasteiger partial charge is 0.229 e. The number of rotatable bonds is 3. The van der Waals surface area contributed by atoms with Crippen molar-refractivity contribution in [1.82, 2.24) is 20.2 Å². The summed E-state index contributed by atoms with van der Waals surface area (Å²) in [5.74, 6) is 1.85. The lowest BCUT2D eigenvalue weighted by molar-refractivity contribution is 0.435. The molecule has 1 aliphatic heterocycles. The molecule has 6 nitrogen and oxygen atoms in total. The molecule has 0 atom stereocenters. The lowest BCUT2D eigenvalue weighted by Crippen LogP contribution is -2.34. The lowest BCUT2D eigenvalue weighted by Gasteiger charge is -2.30. The Labute approximate surface area is 139 Å². The molecule has 1 aromatic carbocycles. The van der Waals surface area contributed by atoms with Gasteiger partial charge in [-0.1, -0.05) is 6.92 Å². The molecule has 0 spiro atoms. The molecule has 2 aromatic heterocycles. The number of nitrogens with one attached hydrogen (secondary N) is 2. The van der Waals surface area contributed by atoms with Crippen LogP contribution in [-0.4, -0.2) is 33.3 Å². The largest absolute Gasteiger partial charge is 0.341 e. The third kappa shape index (κ3) is 2.89. The molecule has 3 heterocycles. The van der Waals surface area contributed by atoms with Gasteiger partial charge in [0, 0.05) is 18.8 Å². The van der Waals surface area contributed by atoms with Crippen LogP contribution < -0.4 is 10.2 Å². The van der Waals surface area contributed by atoms with E-state index in [0.717, 1.165) is 42.9 Å². The SMILES string of the molecule is CC1CCN(c2nc(Nc3ccc(F)cc3)c3cn[nH]c3n2)CC1. The number of piperidine rings is 1. The number of hydrogen-bond acceptors (Lipinski definition) is 5. The van der Waals surface area contributed by atoms with Crippen LogP contribution >= 0.6 is 0 Å². The van der Waals surface area contributed by atoms with E-state index in [1.54, 1.807) is 18.3 Å². The summed E-state index contributed by atoms with van der Waals surface area (Å²) in [5.41, 5.74) is 1.47. The summed E-state index contributed by atoms with van der Waals surface area (Å²) in [4.78, 5) is 11.5. The predicted molar refractivity (Wildman–Crippen MR) is 92.0 cm³/mol. The number of aromatic amines is 1. The maximum Gasteiger partial charge on any atom is 0.229 e. The van der Waals surface area contributed by atoms with Gasteiger partial charge in [0.15, 0.2) is 5.65 Å². The highest BCUT2D eigenvalue weighted by Crippen LogP contribution is 2.27. The van der Waals surface area contributed by atoms with Crippen LogP contribution in [0.1, 0.15) is 19.8 Å². The molecular weight excluding hydrogens is 307 g/mol. The summed E-state index contributed by atoms with van der Waals surface area (Å²) in [7, 11) is 0. The van der Waals surface area contributed by atoms with Gasteiger partial charge in [0.1, 0.15) is 11.6 Å². The van der Waals surface area contributed by atoms with Gasteiger partial charge in [0.25, 0.3) is 0 Å². The molecule has 0 saturated carbocycles. The Kier molecular flexibility index (Phi) is 3.76. The molecule has 1 fully saturated rings. The van der Waals surface area contributed by atoms with E-state index in [2.05, 4.69) is 37.3 Å². The summed E-state index contributed by atoms with van der Waals surface area (Å²) >= 11 is 0. The highest BCUT2D eigenvalue weighted by Gasteiger charge is 2.20. The van der Waals surface area contributed by atoms with Gasteiger partial charge >= 0.3 is 0 Å². The third-order valence-electron chi connectivity index (χ3n) is 4.47. The maximum absolute atomic E-state index is 13.1. The van der Waals surface area contributed by atoms with Crippen molar-refractivity contribution in [2.45, 2.75) is 19.8 Å². The van der Waals surface area contributed by atoms with E-state index in [0.29, 0.717) is 17.4 Å². The standard InChI is InChI=1S/C17H19FN6/c1-11-6-8-24(9-7-11)17-21-15(14-10-19-23-16(14)22-17)20-13-4-2-12(18)3-5-13/h2-5,10-11H,6-9H2,1H3,(H2,19,20,21,22,23). The van der Waals surface area contributed by atoms with E-state index in [4.69, 9.17) is 0 Å². The Morgan fingerprint density at radius 3 is 2.67 bits per heavy atom. The van der Waals surface area contributed by atoms with Crippen molar-refractivity contribution in [2.24, 2.45) is 5.92 Å². The first-order valence-corrected chi connectivity index (χ1v) is 8.18. The molecule has 4 rings (SSSR count). The first kappa shape index (κ1) is 14.9. The fourth-order valence-electron chi connectivity index (χ4n) is 2.94. The molecule has 24 heavy (non-hydrogen) atoms. The second-order valence-electron chi connectivity index (χ2n) is 6.31. The van der Waals surface area contributed by atoms with Gasteiger partial charge < -0.3 is 10.2 Å². The van der Waals surface area contributed by atoms with E-state index >= 15 is 0 Å². The van der Waals surface area contributed by atoms with Gasteiger partial charge in [-0.25, -0.2) is 4.39 Å². The minimum atomic E-state index is -0.264. The van der Waals surface area contributed by atoms with Crippen LogP contribution in [0.5, 0.6) is 0 Å². The van der Waals surface area contributed by atoms with Gasteiger partial charge in [0.05, 0.1) is 11.6 Å². The molecule has 7 heteroatoms. The normalized spacial score (nSPS) is 15.8. The van der Waals surface area contributed by atoms with Crippen molar-refractivity contribution in [2.75, 3.05) is 23.3 Å². The first-order valence-electron chi connectivity index (χ1n) is 8.18. The van der Waals surface area contributed by atoms with Crippen LogP contribution in [0.3, 0.4) is 0 Å². The van der Waals surface area contributed by atoms with Crippen LogP contribution in [0.15, 0.2) is 30.5 Å². The average Bonchev–Trinajstić information content (AvgIpc) is 3.06. The van der Waals surface area contributed by atoms with Crippen LogP contribution in [0.4, 0.5) is 21.8 Å². The Morgan fingerprint density at radius 2 is 1.92 bits per heavy atom.